The van der Waals surface area contributed by atoms with Crippen molar-refractivity contribution in [2.75, 3.05) is 51.0 Å². The summed E-state index contributed by atoms with van der Waals surface area (Å²) >= 11 is 27.8. The molecule has 3 heterocycles. The first-order valence-corrected chi connectivity index (χ1v) is 26.2. The van der Waals surface area contributed by atoms with Gasteiger partial charge in [0.15, 0.2) is 10.3 Å². The van der Waals surface area contributed by atoms with Crippen LogP contribution in [0, 0.1) is 23.7 Å². The number of nitrogens with one attached hydrogen (secondary N) is 2. The fourth-order valence-electron chi connectivity index (χ4n) is 7.61. The van der Waals surface area contributed by atoms with Crippen molar-refractivity contribution in [3.63, 3.8) is 0 Å². The summed E-state index contributed by atoms with van der Waals surface area (Å²) in [6.07, 6.45) is 6.08. The number of nitrogens with two attached hydrogens (primary N) is 3. The summed E-state index contributed by atoms with van der Waals surface area (Å²) in [5.74, 6) is 7.25. The summed E-state index contributed by atoms with van der Waals surface area (Å²) < 4.78 is 9.99. The number of benzene rings is 3. The molecule has 21 heteroatoms. The van der Waals surface area contributed by atoms with E-state index in [1.807, 2.05) is 24.3 Å². The van der Waals surface area contributed by atoms with Crippen LogP contribution in [-0.2, 0) is 31.9 Å². The zero-order chi connectivity index (χ0) is 51.5. The number of anilines is 2. The SMILES string of the molecule is COC(=O)C(CCCCN)CNc1nc(-c2ccc(Cl)c(Cl)c2)c(CC(C)C)s1.COC(=O)C(CCCCN1C(=O)c2ccccc2C1=O)CNc1nc(-c2ccc(Cl)c(Cl)c2)c(CC(C)C)s1.NN.O. The second-order valence-corrected chi connectivity index (χ2v) is 21.1. The number of esters is 2. The monoisotopic (exact) mass is 1090 g/mol. The highest BCUT2D eigenvalue weighted by Crippen LogP contribution is 2.38. The quantitative estimate of drug-likeness (QED) is 0.0134. The normalized spacial score (nSPS) is 12.6. The minimum atomic E-state index is -0.400. The number of carbonyl (C=O) groups excluding carboxylic acids is 4. The first kappa shape index (κ1) is 60.9. The molecule has 1 aliphatic rings. The third kappa shape index (κ3) is 17.7. The van der Waals surface area contributed by atoms with E-state index in [-0.39, 0.29) is 35.1 Å². The highest BCUT2D eigenvalue weighted by atomic mass is 35.5. The number of imide groups is 1. The van der Waals surface area contributed by atoms with E-state index >= 15 is 0 Å². The van der Waals surface area contributed by atoms with Crippen LogP contribution in [0.25, 0.3) is 22.5 Å². The number of amides is 2. The molecule has 0 saturated carbocycles. The summed E-state index contributed by atoms with van der Waals surface area (Å²) in [4.78, 5) is 63.0. The van der Waals surface area contributed by atoms with Gasteiger partial charge in [-0.15, -0.1) is 22.7 Å². The van der Waals surface area contributed by atoms with E-state index in [9.17, 15) is 19.2 Å². The lowest BCUT2D eigenvalue weighted by Gasteiger charge is -2.17. The molecule has 6 rings (SSSR count). The molecule has 1 aliphatic heterocycles. The highest BCUT2D eigenvalue weighted by molar-refractivity contribution is 7.16. The Morgan fingerprint density at radius 1 is 0.648 bits per heavy atom. The van der Waals surface area contributed by atoms with E-state index in [0.29, 0.717) is 93.6 Å². The van der Waals surface area contributed by atoms with Crippen LogP contribution in [0.15, 0.2) is 60.7 Å². The minimum absolute atomic E-state index is 0. The van der Waals surface area contributed by atoms with Crippen molar-refractivity contribution < 1.29 is 34.1 Å². The number of nitrogens with zero attached hydrogens (tertiary/aromatic N) is 3. The number of methoxy groups -OCH3 is 2. The van der Waals surface area contributed by atoms with Crippen LogP contribution in [-0.4, -0.2) is 84.5 Å². The number of thiazole rings is 2. The molecule has 5 aromatic rings. The second kappa shape index (κ2) is 30.6. The number of aromatic nitrogens is 2. The van der Waals surface area contributed by atoms with Gasteiger partial charge in [-0.1, -0.05) is 111 Å². The van der Waals surface area contributed by atoms with Crippen LogP contribution < -0.4 is 28.1 Å². The molecule has 10 N–H and O–H groups in total. The van der Waals surface area contributed by atoms with Gasteiger partial charge in [0.05, 0.1) is 68.7 Å². The summed E-state index contributed by atoms with van der Waals surface area (Å²) in [6, 6.07) is 17.9. The van der Waals surface area contributed by atoms with Gasteiger partial charge in [-0.05, 0) is 93.3 Å². The van der Waals surface area contributed by atoms with Crippen molar-refractivity contribution in [1.29, 1.82) is 0 Å². The molecule has 0 aliphatic carbocycles. The predicted molar refractivity (Wildman–Crippen MR) is 291 cm³/mol. The lowest BCUT2D eigenvalue weighted by Crippen LogP contribution is -2.31. The van der Waals surface area contributed by atoms with Crippen LogP contribution in [0.2, 0.25) is 20.1 Å². The zero-order valence-corrected chi connectivity index (χ0v) is 45.6. The van der Waals surface area contributed by atoms with Crippen molar-refractivity contribution in [3.8, 4) is 22.5 Å². The lowest BCUT2D eigenvalue weighted by atomic mass is 10.0. The summed E-state index contributed by atoms with van der Waals surface area (Å²) in [7, 11) is 2.80. The van der Waals surface area contributed by atoms with Gasteiger partial charge in [-0.3, -0.25) is 35.8 Å². The largest absolute Gasteiger partial charge is 0.469 e. The molecule has 0 bridgehead atoms. The third-order valence-electron chi connectivity index (χ3n) is 11.1. The van der Waals surface area contributed by atoms with Gasteiger partial charge in [0.25, 0.3) is 11.8 Å². The maximum atomic E-state index is 12.6. The Labute approximate surface area is 444 Å². The number of ether oxygens (including phenoxy) is 2. The first-order valence-electron chi connectivity index (χ1n) is 23.1. The van der Waals surface area contributed by atoms with E-state index in [4.69, 9.17) is 71.6 Å². The van der Waals surface area contributed by atoms with Crippen molar-refractivity contribution >= 4 is 103 Å². The molecular weight excluding hydrogens is 1030 g/mol. The number of halogens is 4. The third-order valence-corrected chi connectivity index (χ3v) is 14.7. The molecule has 2 unspecified atom stereocenters. The number of unbranched alkanes of at least 4 members (excludes halogenated alkanes) is 2. The van der Waals surface area contributed by atoms with Gasteiger partial charge < -0.3 is 31.3 Å². The number of hydrazine groups is 1. The Kier molecular flexibility index (Phi) is 26.2. The molecule has 71 heavy (non-hydrogen) atoms. The van der Waals surface area contributed by atoms with E-state index in [1.54, 1.807) is 59.1 Å². The average molecular weight is 1100 g/mol. The Bertz CT molecular complexity index is 2490. The Morgan fingerprint density at radius 3 is 1.42 bits per heavy atom. The maximum Gasteiger partial charge on any atom is 0.310 e. The van der Waals surface area contributed by atoms with Gasteiger partial charge in [-0.25, -0.2) is 9.97 Å². The standard InChI is InChI=1S/C29H31Cl2N3O4S.C21H29Cl2N3O2S.H4N2.H2O/c1-17(2)14-24-25(18-11-12-22(30)23(31)15-18)33-29(39-24)32-16-19(28(37)38-3)8-6-7-13-34-26(35)20-9-4-5-10-21(20)27(34)36;1-13(2)10-18-19(14-7-8-16(22)17(23)11-14)26-21(29-18)25-12-15(20(27)28-3)6-4-5-9-24;1-2;/h4-5,9-12,15,17,19H,6-8,13-14,16H2,1-3H3,(H,32,33);7-8,11,13,15H,4-6,9-10,12,24H2,1-3H3,(H,25,26);1-2H2;1H2. The van der Waals surface area contributed by atoms with Crippen LogP contribution in [0.1, 0.15) is 96.7 Å². The molecule has 2 aromatic heterocycles. The molecule has 3 aromatic carbocycles. The smallest absolute Gasteiger partial charge is 0.310 e. The topological polar surface area (TPSA) is 249 Å². The van der Waals surface area contributed by atoms with Gasteiger partial charge in [0.1, 0.15) is 0 Å². The molecule has 0 radical (unpaired) electrons. The molecule has 2 amide bonds. The molecule has 0 spiro atoms. The fourth-order valence-corrected chi connectivity index (χ4v) is 10.6. The molecule has 388 valence electrons. The predicted octanol–water partition coefficient (Wildman–Crippen LogP) is 10.6. The molecule has 2 atom stereocenters. The molecular formula is C50H66Cl4N8O7S2. The summed E-state index contributed by atoms with van der Waals surface area (Å²) in [5.41, 5.74) is 10.0. The van der Waals surface area contributed by atoms with E-state index in [2.05, 4.69) is 50.0 Å². The number of rotatable bonds is 23. The number of carbonyl (C=O) groups is 4. The van der Waals surface area contributed by atoms with Crippen LogP contribution >= 0.6 is 69.1 Å². The van der Waals surface area contributed by atoms with E-state index < -0.39 is 5.92 Å². The Balaban J connectivity index is 0.000000373. The van der Waals surface area contributed by atoms with Crippen molar-refractivity contribution in [3.05, 3.63) is 102 Å². The fraction of sp³-hybridized carbons (Fsp3) is 0.440. The minimum Gasteiger partial charge on any atom is -0.469 e. The van der Waals surface area contributed by atoms with Crippen LogP contribution in [0.4, 0.5) is 10.3 Å². The van der Waals surface area contributed by atoms with Gasteiger partial charge >= 0.3 is 11.9 Å². The van der Waals surface area contributed by atoms with Crippen molar-refractivity contribution in [2.45, 2.75) is 79.1 Å². The molecule has 0 fully saturated rings. The molecule has 15 nitrogen and oxygen atoms in total. The zero-order valence-electron chi connectivity index (χ0n) is 40.9. The maximum absolute atomic E-state index is 12.6. The van der Waals surface area contributed by atoms with Crippen LogP contribution in [0.3, 0.4) is 0 Å². The van der Waals surface area contributed by atoms with Gasteiger partial charge in [-0.2, -0.15) is 0 Å². The second-order valence-electron chi connectivity index (χ2n) is 17.3. The Morgan fingerprint density at radius 2 is 1.06 bits per heavy atom. The highest BCUT2D eigenvalue weighted by Gasteiger charge is 2.34. The van der Waals surface area contributed by atoms with Crippen molar-refractivity contribution in [1.82, 2.24) is 14.9 Å². The van der Waals surface area contributed by atoms with Crippen LogP contribution in [0.5, 0.6) is 0 Å². The van der Waals surface area contributed by atoms with E-state index in [1.165, 1.54) is 24.0 Å². The van der Waals surface area contributed by atoms with Gasteiger partial charge in [0, 0.05) is 40.5 Å². The number of fused-ring (bicyclic) bond motifs is 1. The number of hydrogen-bond donors (Lipinski definition) is 5. The first-order chi connectivity index (χ1) is 33.5. The summed E-state index contributed by atoms with van der Waals surface area (Å²) in [5, 5.41) is 10.1. The summed E-state index contributed by atoms with van der Waals surface area (Å²) in [6.45, 7) is 10.4. The lowest BCUT2D eigenvalue weighted by molar-refractivity contribution is -0.146. The number of hydrogen-bond acceptors (Lipinski definition) is 15. The average Bonchev–Trinajstić information content (AvgIpc) is 4.01. The van der Waals surface area contributed by atoms with E-state index in [0.717, 1.165) is 64.6 Å². The van der Waals surface area contributed by atoms with Crippen molar-refractivity contribution in [2.24, 2.45) is 41.1 Å². The van der Waals surface area contributed by atoms with Gasteiger partial charge in [0.2, 0.25) is 0 Å². The molecule has 0 saturated heterocycles. The Hall–Kier alpha value is -4.40.